The van der Waals surface area contributed by atoms with Crippen LogP contribution in [0.1, 0.15) is 11.1 Å². The van der Waals surface area contributed by atoms with Crippen LogP contribution < -0.4 is 14.8 Å². The highest BCUT2D eigenvalue weighted by molar-refractivity contribution is 5.89. The number of aryl methyl sites for hydroxylation is 1. The van der Waals surface area contributed by atoms with Crippen LogP contribution in [0.2, 0.25) is 0 Å². The summed E-state index contributed by atoms with van der Waals surface area (Å²) in [6, 6.07) is 13.8. The summed E-state index contributed by atoms with van der Waals surface area (Å²) in [6.45, 7) is 3.04. The third kappa shape index (κ3) is 3.31. The van der Waals surface area contributed by atoms with Gasteiger partial charge in [-0.15, -0.1) is 0 Å². The van der Waals surface area contributed by atoms with Crippen molar-refractivity contribution in [3.05, 3.63) is 59.9 Å². The first-order valence-electron chi connectivity index (χ1n) is 8.35. The van der Waals surface area contributed by atoms with Crippen LogP contribution in [-0.4, -0.2) is 25.1 Å². The number of para-hydroxylation sites is 2. The topological polar surface area (TPSA) is 67.5 Å². The molecule has 1 atom stereocenters. The first-order valence-corrected chi connectivity index (χ1v) is 8.35. The Bertz CT molecular complexity index is 916. The van der Waals surface area contributed by atoms with Crippen LogP contribution in [-0.2, 0) is 6.42 Å². The van der Waals surface area contributed by atoms with Gasteiger partial charge in [0.2, 0.25) is 0 Å². The lowest BCUT2D eigenvalue weighted by atomic mass is 10.1. The summed E-state index contributed by atoms with van der Waals surface area (Å²) < 4.78 is 17.2. The second kappa shape index (κ2) is 6.51. The quantitative estimate of drug-likeness (QED) is 0.563. The number of hydrogen-bond donors (Lipinski definition) is 2. The molecule has 1 unspecified atom stereocenters. The van der Waals surface area contributed by atoms with Crippen molar-refractivity contribution in [3.63, 3.8) is 0 Å². The van der Waals surface area contributed by atoms with Gasteiger partial charge in [0.1, 0.15) is 18.3 Å². The molecule has 0 spiro atoms. The van der Waals surface area contributed by atoms with E-state index in [1.54, 1.807) is 6.26 Å². The van der Waals surface area contributed by atoms with E-state index in [1.165, 1.54) is 0 Å². The maximum Gasteiger partial charge on any atom is 0.161 e. The Morgan fingerprint density at radius 3 is 2.92 bits per heavy atom. The molecule has 0 aliphatic carbocycles. The van der Waals surface area contributed by atoms with Crippen LogP contribution in [0, 0.1) is 12.3 Å². The Hall–Kier alpha value is -2.95. The lowest BCUT2D eigenvalue weighted by Crippen LogP contribution is -2.41. The fourth-order valence-corrected chi connectivity index (χ4v) is 2.98. The molecule has 0 radical (unpaired) electrons. The third-order valence-electron chi connectivity index (χ3n) is 4.29. The van der Waals surface area contributed by atoms with Gasteiger partial charge in [0, 0.05) is 17.4 Å². The van der Waals surface area contributed by atoms with Gasteiger partial charge in [0.15, 0.2) is 11.5 Å². The summed E-state index contributed by atoms with van der Waals surface area (Å²) in [7, 11) is 0. The largest absolute Gasteiger partial charge is 0.486 e. The van der Waals surface area contributed by atoms with E-state index in [9.17, 15) is 0 Å². The van der Waals surface area contributed by atoms with Gasteiger partial charge in [-0.3, -0.25) is 5.41 Å². The second-order valence-electron chi connectivity index (χ2n) is 6.29. The molecule has 1 aliphatic rings. The summed E-state index contributed by atoms with van der Waals surface area (Å²) in [6.07, 6.45) is 2.12. The van der Waals surface area contributed by atoms with Crippen LogP contribution in [0.4, 0.5) is 0 Å². The molecule has 0 amide bonds. The minimum absolute atomic E-state index is 0.112. The summed E-state index contributed by atoms with van der Waals surface area (Å²) in [5.41, 5.74) is 3.04. The van der Waals surface area contributed by atoms with Crippen molar-refractivity contribution < 1.29 is 13.9 Å². The van der Waals surface area contributed by atoms with Gasteiger partial charge in [-0.1, -0.05) is 24.3 Å². The number of amidine groups is 1. The van der Waals surface area contributed by atoms with Crippen molar-refractivity contribution in [2.45, 2.75) is 19.4 Å². The van der Waals surface area contributed by atoms with Crippen molar-refractivity contribution in [2.24, 2.45) is 0 Å². The maximum absolute atomic E-state index is 8.20. The summed E-state index contributed by atoms with van der Waals surface area (Å²) in [5.74, 6) is 1.96. The number of nitrogens with one attached hydrogen (secondary N) is 2. The van der Waals surface area contributed by atoms with Crippen molar-refractivity contribution in [3.8, 4) is 11.5 Å². The van der Waals surface area contributed by atoms with Crippen molar-refractivity contribution in [1.82, 2.24) is 5.32 Å². The van der Waals surface area contributed by atoms with Crippen LogP contribution in [0.3, 0.4) is 0 Å². The zero-order chi connectivity index (χ0) is 17.2. The number of fused-ring (bicyclic) bond motifs is 2. The van der Waals surface area contributed by atoms with Crippen molar-refractivity contribution >= 4 is 16.8 Å². The van der Waals surface area contributed by atoms with E-state index in [-0.39, 0.29) is 6.10 Å². The average molecular weight is 336 g/mol. The minimum Gasteiger partial charge on any atom is -0.486 e. The normalized spacial score (nSPS) is 16.0. The highest BCUT2D eigenvalue weighted by Gasteiger charge is 2.20. The van der Waals surface area contributed by atoms with Crippen molar-refractivity contribution in [1.29, 1.82) is 5.41 Å². The van der Waals surface area contributed by atoms with E-state index in [0.29, 0.717) is 25.4 Å². The molecule has 128 valence electrons. The molecule has 2 heterocycles. The van der Waals surface area contributed by atoms with Gasteiger partial charge < -0.3 is 19.2 Å². The molecule has 25 heavy (non-hydrogen) atoms. The predicted octanol–water partition coefficient (Wildman–Crippen LogP) is 3.69. The molecule has 1 aliphatic heterocycles. The first-order chi connectivity index (χ1) is 12.2. The highest BCUT2D eigenvalue weighted by atomic mass is 16.6. The van der Waals surface area contributed by atoms with Gasteiger partial charge in [-0.05, 0) is 30.7 Å². The molecule has 5 nitrogen and oxygen atoms in total. The van der Waals surface area contributed by atoms with Gasteiger partial charge in [0.05, 0.1) is 18.6 Å². The standard InChI is InChI=1S/C20H20N2O3/c1-13-6-7-16-14(11-23-19(16)8-13)9-20(21)22-10-15-12-24-17-4-2-3-5-18(17)25-15/h2-8,11,15H,9-10,12H2,1H3,(H2,21,22). The first kappa shape index (κ1) is 15.6. The maximum atomic E-state index is 8.20. The molecular weight excluding hydrogens is 316 g/mol. The molecule has 4 rings (SSSR count). The Morgan fingerprint density at radius 2 is 2.04 bits per heavy atom. The zero-order valence-corrected chi connectivity index (χ0v) is 14.0. The van der Waals surface area contributed by atoms with Gasteiger partial charge in [-0.25, -0.2) is 0 Å². The van der Waals surface area contributed by atoms with E-state index in [4.69, 9.17) is 19.3 Å². The summed E-state index contributed by atoms with van der Waals surface area (Å²) >= 11 is 0. The van der Waals surface area contributed by atoms with Gasteiger partial charge in [-0.2, -0.15) is 0 Å². The molecule has 0 saturated carbocycles. The zero-order valence-electron chi connectivity index (χ0n) is 14.0. The highest BCUT2D eigenvalue weighted by Crippen LogP contribution is 2.30. The smallest absolute Gasteiger partial charge is 0.161 e. The van der Waals surface area contributed by atoms with Crippen LogP contribution >= 0.6 is 0 Å². The molecule has 3 aromatic rings. The Kier molecular flexibility index (Phi) is 4.06. The van der Waals surface area contributed by atoms with E-state index in [0.717, 1.165) is 33.6 Å². The van der Waals surface area contributed by atoms with Gasteiger partial charge >= 0.3 is 0 Å². The molecule has 0 saturated heterocycles. The monoisotopic (exact) mass is 336 g/mol. The number of ether oxygens (including phenoxy) is 2. The van der Waals surface area contributed by atoms with Crippen LogP contribution in [0.25, 0.3) is 11.0 Å². The predicted molar refractivity (Wildman–Crippen MR) is 96.7 cm³/mol. The Labute approximate surface area is 146 Å². The second-order valence-corrected chi connectivity index (χ2v) is 6.29. The van der Waals surface area contributed by atoms with E-state index in [1.807, 2.05) is 43.3 Å². The number of furan rings is 1. The third-order valence-corrected chi connectivity index (χ3v) is 4.29. The number of rotatable bonds is 4. The lowest BCUT2D eigenvalue weighted by molar-refractivity contribution is 0.0937. The average Bonchev–Trinajstić information content (AvgIpc) is 3.01. The Morgan fingerprint density at radius 1 is 1.20 bits per heavy atom. The minimum atomic E-state index is -0.112. The van der Waals surface area contributed by atoms with Crippen LogP contribution in [0.15, 0.2) is 53.1 Å². The fraction of sp³-hybridized carbons (Fsp3) is 0.250. The van der Waals surface area contributed by atoms with E-state index >= 15 is 0 Å². The molecular formula is C20H20N2O3. The molecule has 0 fully saturated rings. The van der Waals surface area contributed by atoms with E-state index in [2.05, 4.69) is 11.4 Å². The van der Waals surface area contributed by atoms with E-state index < -0.39 is 0 Å². The van der Waals surface area contributed by atoms with Gasteiger partial charge in [0.25, 0.3) is 0 Å². The Balaban J connectivity index is 1.35. The molecule has 2 N–H and O–H groups in total. The summed E-state index contributed by atoms with van der Waals surface area (Å²) in [5, 5.41) is 12.4. The lowest BCUT2D eigenvalue weighted by Gasteiger charge is -2.26. The fourth-order valence-electron chi connectivity index (χ4n) is 2.98. The molecule has 2 aromatic carbocycles. The van der Waals surface area contributed by atoms with Crippen LogP contribution in [0.5, 0.6) is 11.5 Å². The number of hydrogen-bond acceptors (Lipinski definition) is 4. The molecule has 1 aromatic heterocycles. The molecule has 5 heteroatoms. The molecule has 0 bridgehead atoms. The van der Waals surface area contributed by atoms with Crippen molar-refractivity contribution in [2.75, 3.05) is 13.2 Å². The summed E-state index contributed by atoms with van der Waals surface area (Å²) in [4.78, 5) is 0. The SMILES string of the molecule is Cc1ccc2c(CC(=N)NCC3COc4ccccc4O3)coc2c1. The number of benzene rings is 2.